The number of rotatable bonds is 3. The zero-order valence-electron chi connectivity index (χ0n) is 38.9. The monoisotopic (exact) mass is 900 g/mol. The molecule has 0 bridgehead atoms. The average molecular weight is 900 g/mol. The predicted octanol–water partition coefficient (Wildman–Crippen LogP) is 10.0. The number of fused-ring (bicyclic) bond motifs is 12. The maximum Gasteiger partial charge on any atom is 0.260 e. The van der Waals surface area contributed by atoms with Crippen LogP contribution < -0.4 is 77.6 Å². The summed E-state index contributed by atoms with van der Waals surface area (Å²) in [7, 11) is 0. The smallest absolute Gasteiger partial charge is 0.260 e. The van der Waals surface area contributed by atoms with E-state index in [4.69, 9.17) is 28.4 Å². The molecule has 7 aromatic rings. The maximum atomic E-state index is 7.23. The minimum absolute atomic E-state index is 0.0626. The molecule has 3 aliphatic carbocycles. The van der Waals surface area contributed by atoms with Crippen molar-refractivity contribution in [2.45, 2.75) is 114 Å². The molecule has 0 atom stereocenters. The van der Waals surface area contributed by atoms with Crippen LogP contribution in [0.5, 0.6) is 69.0 Å². The summed E-state index contributed by atoms with van der Waals surface area (Å²) in [6.07, 6.45) is 18.7. The maximum absolute atomic E-state index is 7.23. The fourth-order valence-electron chi connectivity index (χ4n) is 14.5. The molecule has 0 aromatic heterocycles. The third-order valence-electron chi connectivity index (χ3n) is 17.8. The topological polar surface area (TPSA) is 55.4 Å². The molecule has 7 aromatic carbocycles. The fraction of sp³-hybridized carbons (Fsp3) is 0.300. The van der Waals surface area contributed by atoms with Gasteiger partial charge in [0.25, 0.3) is 20.1 Å². The van der Waals surface area contributed by atoms with E-state index in [2.05, 4.69) is 109 Å². The summed E-state index contributed by atoms with van der Waals surface area (Å²) in [6, 6.07) is 40.4. The number of para-hydroxylation sites is 2. The van der Waals surface area contributed by atoms with E-state index < -0.39 is 0 Å². The normalized spacial score (nSPS) is 18.9. The third kappa shape index (κ3) is 5.95. The van der Waals surface area contributed by atoms with Gasteiger partial charge >= 0.3 is 0 Å². The Kier molecular flexibility index (Phi) is 8.57. The first-order chi connectivity index (χ1) is 34.1. The molecule has 0 radical (unpaired) electrons. The minimum Gasteiger partial charge on any atom is -0.458 e. The molecule has 69 heavy (non-hydrogen) atoms. The van der Waals surface area contributed by atoms with Crippen molar-refractivity contribution in [1.29, 1.82) is 0 Å². The summed E-state index contributed by atoms with van der Waals surface area (Å²) in [5.41, 5.74) is 14.1. The lowest BCUT2D eigenvalue weighted by Gasteiger charge is -2.38. The van der Waals surface area contributed by atoms with E-state index in [1.165, 1.54) is 113 Å². The van der Waals surface area contributed by atoms with Crippen LogP contribution in [0.4, 0.5) is 0 Å². The molecule has 3 fully saturated rings. The van der Waals surface area contributed by atoms with Crippen molar-refractivity contribution in [2.75, 3.05) is 0 Å². The van der Waals surface area contributed by atoms with Crippen molar-refractivity contribution >= 4 is 69.3 Å². The van der Waals surface area contributed by atoms with E-state index in [1.807, 2.05) is 0 Å². The summed E-state index contributed by atoms with van der Waals surface area (Å²) in [5, 5.41) is 0. The van der Waals surface area contributed by atoms with E-state index >= 15 is 0 Å². The van der Waals surface area contributed by atoms with Crippen molar-refractivity contribution in [3.05, 3.63) is 126 Å². The van der Waals surface area contributed by atoms with Crippen molar-refractivity contribution in [3.8, 4) is 69.0 Å². The van der Waals surface area contributed by atoms with Crippen molar-refractivity contribution in [1.82, 2.24) is 0 Å². The second-order valence-electron chi connectivity index (χ2n) is 21.6. The lowest BCUT2D eigenvalue weighted by atomic mass is 9.30. The summed E-state index contributed by atoms with van der Waals surface area (Å²) < 4.78 is 42.4. The number of hydrogen-bond donors (Lipinski definition) is 0. The molecule has 0 saturated heterocycles. The summed E-state index contributed by atoms with van der Waals surface area (Å²) in [6.45, 7) is -0.285. The Morgan fingerprint density at radius 2 is 0.536 bits per heavy atom. The molecule has 9 aliphatic rings. The highest BCUT2D eigenvalue weighted by Crippen LogP contribution is 2.46. The Morgan fingerprint density at radius 1 is 0.261 bits per heavy atom. The van der Waals surface area contributed by atoms with E-state index in [0.717, 1.165) is 118 Å². The van der Waals surface area contributed by atoms with Gasteiger partial charge in [0, 0.05) is 28.5 Å². The van der Waals surface area contributed by atoms with Crippen LogP contribution in [0.2, 0.25) is 0 Å². The highest BCUT2D eigenvalue weighted by atomic mass is 16.5. The Balaban J connectivity index is 0.889. The molecule has 336 valence electrons. The third-order valence-corrected chi connectivity index (χ3v) is 17.8. The van der Waals surface area contributed by atoms with Gasteiger partial charge in [-0.25, -0.2) is 0 Å². The average Bonchev–Trinajstić information content (AvgIpc) is 3.40. The van der Waals surface area contributed by atoms with Crippen LogP contribution in [0, 0.1) is 0 Å². The van der Waals surface area contributed by atoms with Gasteiger partial charge in [0.1, 0.15) is 69.0 Å². The number of benzene rings is 7. The van der Waals surface area contributed by atoms with Crippen LogP contribution in [0.15, 0.2) is 109 Å². The Morgan fingerprint density at radius 3 is 0.855 bits per heavy atom. The molecule has 6 nitrogen and oxygen atoms in total. The van der Waals surface area contributed by atoms with Gasteiger partial charge in [-0.15, -0.1) is 0 Å². The van der Waals surface area contributed by atoms with Crippen LogP contribution in [-0.4, -0.2) is 20.1 Å². The number of ether oxygens (including phenoxy) is 6. The van der Waals surface area contributed by atoms with Crippen molar-refractivity contribution < 1.29 is 28.4 Å². The van der Waals surface area contributed by atoms with Gasteiger partial charge in [0.15, 0.2) is 0 Å². The molecule has 16 rings (SSSR count). The molecule has 0 N–H and O–H groups in total. The van der Waals surface area contributed by atoms with Gasteiger partial charge in [-0.05, 0) is 154 Å². The molecule has 0 amide bonds. The quantitative estimate of drug-likeness (QED) is 0.165. The predicted molar refractivity (Wildman–Crippen MR) is 277 cm³/mol. The summed E-state index contributed by atoms with van der Waals surface area (Å²) in [4.78, 5) is 0. The Bertz CT molecular complexity index is 3140. The fourth-order valence-corrected chi connectivity index (χ4v) is 14.5. The highest BCUT2D eigenvalue weighted by molar-refractivity contribution is 7.02. The molecule has 6 aliphatic heterocycles. The second kappa shape index (κ2) is 15.0. The van der Waals surface area contributed by atoms with Crippen LogP contribution in [-0.2, 0) is 0 Å². The first-order valence-corrected chi connectivity index (χ1v) is 26.3. The summed E-state index contributed by atoms with van der Waals surface area (Å²) >= 11 is 0. The zero-order valence-corrected chi connectivity index (χ0v) is 38.9. The molecule has 9 heteroatoms. The van der Waals surface area contributed by atoms with Gasteiger partial charge in [-0.3, -0.25) is 0 Å². The Labute approximate surface area is 404 Å². The lowest BCUT2D eigenvalue weighted by Crippen LogP contribution is -2.63. The van der Waals surface area contributed by atoms with E-state index in [0.29, 0.717) is 17.8 Å². The molecular weight excluding hydrogens is 849 g/mol. The molecule has 0 unspecified atom stereocenters. The van der Waals surface area contributed by atoms with Gasteiger partial charge < -0.3 is 28.4 Å². The molecule has 0 spiro atoms. The van der Waals surface area contributed by atoms with Crippen LogP contribution in [0.25, 0.3) is 0 Å². The molecule has 3 saturated carbocycles. The first-order valence-electron chi connectivity index (χ1n) is 26.3. The molecule has 6 heterocycles. The SMILES string of the molecule is c1ccc2c(c1)Oc1cc(C3CCCCC3)cc3c1B2c1cc2c(cc1O3)Oc1cc(C3CCCCC3)cc3c1B2c1cc2c(cc1O3)Oc1cc(C3CCCCC3)cc3c1B2c1ccccc1O3. The van der Waals surface area contributed by atoms with Crippen molar-refractivity contribution in [2.24, 2.45) is 0 Å². The zero-order chi connectivity index (χ0) is 44.9. The standard InChI is InChI=1S/C60H51B3O6/c1-4-14-34(15-5-1)37-24-52-58-54(26-37)66-48-32-50-44(30-42(48)61(58)40-20-10-12-22-46(40)64-52)63-45-31-43-49(33-51(45)69-57-29-39(28-56(68-50)60(57)63)36-18-8-3-9-19-36)67-55-27-38(35-16-6-2-7-17-35)25-53-59(55)62(43)41-21-11-13-23-47(41)65-53/h10-13,20-36H,1-9,14-19H2. The lowest BCUT2D eigenvalue weighted by molar-refractivity contribution is 0.428. The first kappa shape index (κ1) is 39.4. The van der Waals surface area contributed by atoms with E-state index in [9.17, 15) is 0 Å². The van der Waals surface area contributed by atoms with Gasteiger partial charge in [0.2, 0.25) is 0 Å². The second-order valence-corrected chi connectivity index (χ2v) is 21.6. The van der Waals surface area contributed by atoms with Crippen LogP contribution in [0.1, 0.15) is 131 Å². The van der Waals surface area contributed by atoms with E-state index in [-0.39, 0.29) is 20.1 Å². The minimum atomic E-state index is -0.159. The largest absolute Gasteiger partial charge is 0.458 e. The van der Waals surface area contributed by atoms with Gasteiger partial charge in [-0.1, -0.05) is 106 Å². The molecular formula is C60H51B3O6. The van der Waals surface area contributed by atoms with Crippen LogP contribution >= 0.6 is 0 Å². The number of hydrogen-bond acceptors (Lipinski definition) is 6. The Hall–Kier alpha value is -6.47. The summed E-state index contributed by atoms with van der Waals surface area (Å²) in [5.74, 6) is 12.1. The van der Waals surface area contributed by atoms with Crippen LogP contribution in [0.3, 0.4) is 0 Å². The van der Waals surface area contributed by atoms with Gasteiger partial charge in [0.05, 0.1) is 0 Å². The highest BCUT2D eigenvalue weighted by Gasteiger charge is 2.48. The van der Waals surface area contributed by atoms with Crippen molar-refractivity contribution in [3.63, 3.8) is 0 Å². The van der Waals surface area contributed by atoms with E-state index in [1.54, 1.807) is 0 Å². The van der Waals surface area contributed by atoms with Gasteiger partial charge in [-0.2, -0.15) is 0 Å².